The smallest absolute Gasteiger partial charge is 0.261 e. The molecular formula is C27H31N5O3Si. The van der Waals surface area contributed by atoms with Crippen LogP contribution >= 0.6 is 0 Å². The summed E-state index contributed by atoms with van der Waals surface area (Å²) >= 11 is 0. The molecule has 186 valence electrons. The number of rotatable bonds is 7. The molecule has 2 aromatic carbocycles. The van der Waals surface area contributed by atoms with Crippen LogP contribution in [0.5, 0.6) is 0 Å². The summed E-state index contributed by atoms with van der Waals surface area (Å²) in [6.45, 7) is 7.00. The number of carbonyl (C=O) groups excluding carboxylic acids is 1. The molecule has 8 nitrogen and oxygen atoms in total. The Balaban J connectivity index is 1.47. The summed E-state index contributed by atoms with van der Waals surface area (Å²) in [6.07, 6.45) is 3.74. The average molecular weight is 502 g/mol. The van der Waals surface area contributed by atoms with Crippen molar-refractivity contribution in [1.82, 2.24) is 19.5 Å². The van der Waals surface area contributed by atoms with Gasteiger partial charge in [-0.05, 0) is 15.4 Å². The van der Waals surface area contributed by atoms with Gasteiger partial charge in [-0.15, -0.1) is 0 Å². The largest absolute Gasteiger partial charge is 0.405 e. The maximum Gasteiger partial charge on any atom is 0.261 e. The molecule has 1 saturated heterocycles. The van der Waals surface area contributed by atoms with Crippen molar-refractivity contribution >= 4 is 42.0 Å². The molecule has 2 N–H and O–H groups in total. The number of nitrogen functional groups attached to an aromatic ring is 1. The molecule has 2 aromatic heterocycles. The molecule has 1 aliphatic heterocycles. The quantitative estimate of drug-likeness (QED) is 0.306. The Hall–Kier alpha value is -3.40. The Morgan fingerprint density at radius 3 is 2.28 bits per heavy atom. The van der Waals surface area contributed by atoms with Crippen LogP contribution in [0.25, 0.3) is 11.2 Å². The number of hydrogen-bond donors (Lipinski definition) is 1. The zero-order chi connectivity index (χ0) is 25.3. The Labute approximate surface area is 211 Å². The molecule has 0 radical (unpaired) electrons. The monoisotopic (exact) mass is 501 g/mol. The van der Waals surface area contributed by atoms with Crippen molar-refractivity contribution in [1.29, 1.82) is 0 Å². The van der Waals surface area contributed by atoms with Crippen LogP contribution in [0.15, 0.2) is 73.3 Å². The summed E-state index contributed by atoms with van der Waals surface area (Å²) in [6, 6.07) is 20.9. The van der Waals surface area contributed by atoms with Gasteiger partial charge in [-0.3, -0.25) is 4.57 Å². The summed E-state index contributed by atoms with van der Waals surface area (Å²) in [5, 5.41) is 2.21. The van der Waals surface area contributed by atoms with Crippen molar-refractivity contribution in [3.05, 3.63) is 73.3 Å². The molecule has 3 atom stereocenters. The van der Waals surface area contributed by atoms with Crippen LogP contribution < -0.4 is 16.1 Å². The molecule has 0 spiro atoms. The number of aromatic nitrogens is 4. The van der Waals surface area contributed by atoms with Crippen molar-refractivity contribution in [2.75, 3.05) is 12.3 Å². The summed E-state index contributed by atoms with van der Waals surface area (Å²) in [5.41, 5.74) is 7.07. The zero-order valence-corrected chi connectivity index (χ0v) is 21.7. The fourth-order valence-electron chi connectivity index (χ4n) is 5.28. The number of ether oxygens (including phenoxy) is 1. The molecule has 1 aliphatic rings. The number of fused-ring (bicyclic) bond motifs is 1. The van der Waals surface area contributed by atoms with Crippen LogP contribution in [0, 0.1) is 5.92 Å². The first-order chi connectivity index (χ1) is 17.3. The van der Waals surface area contributed by atoms with E-state index in [0.717, 1.165) is 6.29 Å². The van der Waals surface area contributed by atoms with Gasteiger partial charge in [0.25, 0.3) is 8.32 Å². The molecule has 9 heteroatoms. The maximum atomic E-state index is 12.1. The number of nitrogens with zero attached hydrogens (tertiary/aromatic N) is 4. The maximum absolute atomic E-state index is 12.1. The summed E-state index contributed by atoms with van der Waals surface area (Å²) < 4.78 is 15.3. The molecular weight excluding hydrogens is 470 g/mol. The second kappa shape index (κ2) is 9.57. The highest BCUT2D eigenvalue weighted by Gasteiger charge is 2.51. The Kier molecular flexibility index (Phi) is 6.46. The van der Waals surface area contributed by atoms with E-state index in [-0.39, 0.29) is 11.0 Å². The third kappa shape index (κ3) is 4.13. The number of imidazole rings is 1. The number of carbonyl (C=O) groups is 1. The second-order valence-electron chi connectivity index (χ2n) is 10.2. The fourth-order valence-corrected chi connectivity index (χ4v) is 9.85. The van der Waals surface area contributed by atoms with Crippen molar-refractivity contribution < 1.29 is 14.0 Å². The van der Waals surface area contributed by atoms with Crippen LogP contribution in [0.4, 0.5) is 5.82 Å². The highest BCUT2D eigenvalue weighted by Crippen LogP contribution is 2.39. The minimum Gasteiger partial charge on any atom is -0.405 e. The normalized spacial score (nSPS) is 20.6. The molecule has 0 aliphatic carbocycles. The topological polar surface area (TPSA) is 105 Å². The highest BCUT2D eigenvalue weighted by molar-refractivity contribution is 6.99. The Morgan fingerprint density at radius 1 is 1.06 bits per heavy atom. The molecule has 0 bridgehead atoms. The van der Waals surface area contributed by atoms with E-state index in [0.29, 0.717) is 30.0 Å². The molecule has 0 saturated carbocycles. The number of benzene rings is 2. The van der Waals surface area contributed by atoms with Gasteiger partial charge >= 0.3 is 0 Å². The van der Waals surface area contributed by atoms with Crippen molar-refractivity contribution in [2.45, 2.75) is 44.6 Å². The first-order valence-electron chi connectivity index (χ1n) is 12.1. The first kappa shape index (κ1) is 24.3. The lowest BCUT2D eigenvalue weighted by molar-refractivity contribution is -0.113. The molecule has 36 heavy (non-hydrogen) atoms. The molecule has 0 amide bonds. The van der Waals surface area contributed by atoms with Crippen molar-refractivity contribution in [3.8, 4) is 0 Å². The second-order valence-corrected chi connectivity index (χ2v) is 14.5. The third-order valence-corrected chi connectivity index (χ3v) is 12.0. The van der Waals surface area contributed by atoms with E-state index in [2.05, 4.69) is 84.3 Å². The standard InChI is InChI=1S/C27H31N5O3Si/c1-27(2,3)36(20-10-6-4-7-11-20,21-12-8-5-9-13-21)34-16-22-19(15-33)14-23(35-22)32-18-31-24-25(28)29-17-30-26(24)32/h4-13,15,17-19,22-23H,14,16H2,1-3H3,(H2,28,29,30)/t19-,22-,23-/m1/s1. The first-order valence-corrected chi connectivity index (χ1v) is 14.0. The van der Waals surface area contributed by atoms with Gasteiger partial charge in [-0.1, -0.05) is 81.4 Å². The van der Waals surface area contributed by atoms with E-state index in [1.807, 2.05) is 16.7 Å². The minimum atomic E-state index is -2.75. The molecule has 0 unspecified atom stereocenters. The highest BCUT2D eigenvalue weighted by atomic mass is 28.4. The van der Waals surface area contributed by atoms with Crippen LogP contribution in [-0.4, -0.2) is 46.8 Å². The molecule has 1 fully saturated rings. The lowest BCUT2D eigenvalue weighted by atomic mass is 10.0. The summed E-state index contributed by atoms with van der Waals surface area (Å²) in [5.74, 6) is 0.0000925. The summed E-state index contributed by atoms with van der Waals surface area (Å²) in [4.78, 5) is 24.8. The predicted molar refractivity (Wildman–Crippen MR) is 141 cm³/mol. The third-order valence-electron chi connectivity index (χ3n) is 7.04. The number of aldehydes is 1. The fraction of sp³-hybridized carbons (Fsp3) is 0.333. The van der Waals surface area contributed by atoms with E-state index >= 15 is 0 Å². The van der Waals surface area contributed by atoms with Crippen LogP contribution in [0.1, 0.15) is 33.4 Å². The van der Waals surface area contributed by atoms with Crippen molar-refractivity contribution in [3.63, 3.8) is 0 Å². The van der Waals surface area contributed by atoms with Crippen molar-refractivity contribution in [2.24, 2.45) is 5.92 Å². The van der Waals surface area contributed by atoms with Gasteiger partial charge in [0, 0.05) is 12.3 Å². The Bertz CT molecular complexity index is 1300. The lowest BCUT2D eigenvalue weighted by Crippen LogP contribution is -2.67. The summed E-state index contributed by atoms with van der Waals surface area (Å²) in [7, 11) is -2.75. The van der Waals surface area contributed by atoms with E-state index in [4.69, 9.17) is 14.9 Å². The van der Waals surface area contributed by atoms with Crippen LogP contribution in [0.2, 0.25) is 5.04 Å². The van der Waals surface area contributed by atoms with Gasteiger partial charge in [0.1, 0.15) is 24.4 Å². The van der Waals surface area contributed by atoms with Crippen LogP contribution in [-0.2, 0) is 14.0 Å². The van der Waals surface area contributed by atoms with E-state index in [9.17, 15) is 4.79 Å². The van der Waals surface area contributed by atoms with Gasteiger partial charge in [-0.25, -0.2) is 15.0 Å². The number of anilines is 1. The number of nitrogens with two attached hydrogens (primary N) is 1. The predicted octanol–water partition coefficient (Wildman–Crippen LogP) is 3.09. The average Bonchev–Trinajstić information content (AvgIpc) is 3.50. The minimum absolute atomic E-state index is 0.167. The molecule has 3 heterocycles. The van der Waals surface area contributed by atoms with E-state index in [1.165, 1.54) is 16.7 Å². The zero-order valence-electron chi connectivity index (χ0n) is 20.7. The van der Waals surface area contributed by atoms with Crippen LogP contribution in [0.3, 0.4) is 0 Å². The van der Waals surface area contributed by atoms with Gasteiger partial charge in [0.15, 0.2) is 11.5 Å². The van der Waals surface area contributed by atoms with E-state index < -0.39 is 20.6 Å². The van der Waals surface area contributed by atoms with Gasteiger partial charge < -0.3 is 19.7 Å². The van der Waals surface area contributed by atoms with Gasteiger partial charge in [-0.2, -0.15) is 0 Å². The van der Waals surface area contributed by atoms with Gasteiger partial charge in [0.2, 0.25) is 0 Å². The SMILES string of the molecule is CC(C)(C)[Si](OC[C@H]1O[C@@H](n2cnc3c(N)ncnc32)C[C@@H]1C=O)(c1ccccc1)c1ccccc1. The number of hydrogen-bond acceptors (Lipinski definition) is 7. The van der Waals surface area contributed by atoms with E-state index in [1.54, 1.807) is 6.33 Å². The molecule has 4 aromatic rings. The lowest BCUT2D eigenvalue weighted by Gasteiger charge is -2.43. The Morgan fingerprint density at radius 2 is 1.69 bits per heavy atom. The molecule has 5 rings (SSSR count). The van der Waals surface area contributed by atoms with Gasteiger partial charge in [0.05, 0.1) is 19.0 Å².